The first kappa shape index (κ1) is 10.9. The van der Waals surface area contributed by atoms with Crippen molar-refractivity contribution in [2.45, 2.75) is 0 Å². The Morgan fingerprint density at radius 1 is 1.38 bits per heavy atom. The Balaban J connectivity index is 2.23. The van der Waals surface area contributed by atoms with Gasteiger partial charge in [0.15, 0.2) is 5.17 Å². The molecule has 1 saturated heterocycles. The molecular formula is C11H10N2O2S. The van der Waals surface area contributed by atoms with Gasteiger partial charge in [0.2, 0.25) is 5.91 Å². The van der Waals surface area contributed by atoms with Gasteiger partial charge in [-0.25, -0.2) is 4.99 Å². The molecule has 0 unspecified atom stereocenters. The number of aldehydes is 1. The molecule has 0 atom stereocenters. The molecule has 82 valence electrons. The van der Waals surface area contributed by atoms with Gasteiger partial charge >= 0.3 is 0 Å². The van der Waals surface area contributed by atoms with Crippen molar-refractivity contribution in [3.05, 3.63) is 30.3 Å². The quantitative estimate of drug-likeness (QED) is 0.744. The van der Waals surface area contributed by atoms with Crippen LogP contribution in [-0.2, 0) is 9.59 Å². The molecule has 0 radical (unpaired) electrons. The van der Waals surface area contributed by atoms with E-state index in [4.69, 9.17) is 0 Å². The SMILES string of the molecule is O=CCN1C(=O)CSC1=Nc1ccccc1. The van der Waals surface area contributed by atoms with Crippen molar-refractivity contribution in [2.24, 2.45) is 4.99 Å². The summed E-state index contributed by atoms with van der Waals surface area (Å²) < 4.78 is 0. The summed E-state index contributed by atoms with van der Waals surface area (Å²) in [5.41, 5.74) is 0.788. The minimum absolute atomic E-state index is 0.0632. The van der Waals surface area contributed by atoms with Crippen molar-refractivity contribution >= 4 is 34.8 Å². The molecule has 1 aliphatic rings. The molecule has 1 amide bonds. The first-order valence-electron chi connectivity index (χ1n) is 4.82. The fourth-order valence-corrected chi connectivity index (χ4v) is 2.26. The molecule has 16 heavy (non-hydrogen) atoms. The summed E-state index contributed by atoms with van der Waals surface area (Å²) in [6.07, 6.45) is 0.713. The van der Waals surface area contributed by atoms with Gasteiger partial charge < -0.3 is 4.79 Å². The van der Waals surface area contributed by atoms with Crippen LogP contribution in [0.15, 0.2) is 35.3 Å². The maximum atomic E-state index is 11.4. The predicted molar refractivity (Wildman–Crippen MR) is 63.8 cm³/mol. The number of rotatable bonds is 3. The van der Waals surface area contributed by atoms with E-state index in [-0.39, 0.29) is 12.5 Å². The van der Waals surface area contributed by atoms with Crippen LogP contribution in [0.5, 0.6) is 0 Å². The Bertz CT molecular complexity index is 431. The fraction of sp³-hybridized carbons (Fsp3) is 0.182. The average Bonchev–Trinajstić information content (AvgIpc) is 2.64. The lowest BCUT2D eigenvalue weighted by Crippen LogP contribution is -2.31. The smallest absolute Gasteiger partial charge is 0.239 e. The highest BCUT2D eigenvalue weighted by Gasteiger charge is 2.27. The van der Waals surface area contributed by atoms with E-state index in [0.717, 1.165) is 5.69 Å². The maximum absolute atomic E-state index is 11.4. The zero-order chi connectivity index (χ0) is 11.4. The number of thioether (sulfide) groups is 1. The lowest BCUT2D eigenvalue weighted by Gasteiger charge is -2.11. The first-order chi connectivity index (χ1) is 7.81. The Morgan fingerprint density at radius 3 is 2.81 bits per heavy atom. The standard InChI is InChI=1S/C11H10N2O2S/c14-7-6-13-10(15)8-16-11(13)12-9-4-2-1-3-5-9/h1-5,7H,6,8H2. The number of aliphatic imine (C=N–C) groups is 1. The Kier molecular flexibility index (Phi) is 3.36. The number of hydrogen-bond acceptors (Lipinski definition) is 4. The minimum Gasteiger partial charge on any atom is -0.301 e. The van der Waals surface area contributed by atoms with Gasteiger partial charge in [-0.2, -0.15) is 0 Å². The molecule has 1 fully saturated rings. The van der Waals surface area contributed by atoms with Crippen molar-refractivity contribution < 1.29 is 9.59 Å². The van der Waals surface area contributed by atoms with Gasteiger partial charge in [-0.15, -0.1) is 0 Å². The highest BCUT2D eigenvalue weighted by Crippen LogP contribution is 2.22. The molecular weight excluding hydrogens is 224 g/mol. The molecule has 4 nitrogen and oxygen atoms in total. The number of hydrogen-bond donors (Lipinski definition) is 0. The van der Waals surface area contributed by atoms with E-state index in [1.807, 2.05) is 30.3 Å². The van der Waals surface area contributed by atoms with Crippen molar-refractivity contribution in [3.63, 3.8) is 0 Å². The lowest BCUT2D eigenvalue weighted by atomic mass is 10.3. The van der Waals surface area contributed by atoms with Crippen molar-refractivity contribution in [2.75, 3.05) is 12.3 Å². The minimum atomic E-state index is -0.0632. The second-order valence-electron chi connectivity index (χ2n) is 3.19. The van der Waals surface area contributed by atoms with Crippen LogP contribution in [0.2, 0.25) is 0 Å². The molecule has 0 bridgehead atoms. The predicted octanol–water partition coefficient (Wildman–Crippen LogP) is 1.45. The van der Waals surface area contributed by atoms with Crippen LogP contribution >= 0.6 is 11.8 Å². The second-order valence-corrected chi connectivity index (χ2v) is 4.13. The molecule has 1 heterocycles. The third kappa shape index (κ3) is 2.30. The number of carbonyl (C=O) groups is 2. The van der Waals surface area contributed by atoms with Crippen LogP contribution in [0, 0.1) is 0 Å². The number of amidine groups is 1. The highest BCUT2D eigenvalue weighted by molar-refractivity contribution is 8.15. The molecule has 5 heteroatoms. The van der Waals surface area contributed by atoms with E-state index in [1.54, 1.807) is 0 Å². The molecule has 2 rings (SSSR count). The monoisotopic (exact) mass is 234 g/mol. The number of benzene rings is 1. The molecule has 1 aromatic carbocycles. The number of amides is 1. The molecule has 1 aliphatic heterocycles. The third-order valence-corrected chi connectivity index (χ3v) is 3.06. The Morgan fingerprint density at radius 2 is 2.12 bits per heavy atom. The highest BCUT2D eigenvalue weighted by atomic mass is 32.2. The summed E-state index contributed by atoms with van der Waals surface area (Å²) in [7, 11) is 0. The van der Waals surface area contributed by atoms with Crippen molar-refractivity contribution in [3.8, 4) is 0 Å². The summed E-state index contributed by atoms with van der Waals surface area (Å²) in [5.74, 6) is 0.297. The number of nitrogens with zero attached hydrogens (tertiary/aromatic N) is 2. The summed E-state index contributed by atoms with van der Waals surface area (Å²) in [5, 5.41) is 0.600. The summed E-state index contributed by atoms with van der Waals surface area (Å²) in [4.78, 5) is 27.6. The van der Waals surface area contributed by atoms with E-state index in [1.165, 1.54) is 16.7 Å². The Hall–Kier alpha value is -1.62. The van der Waals surface area contributed by atoms with Gasteiger partial charge in [-0.3, -0.25) is 9.69 Å². The topological polar surface area (TPSA) is 49.7 Å². The van der Waals surface area contributed by atoms with Crippen LogP contribution in [0.4, 0.5) is 5.69 Å². The summed E-state index contributed by atoms with van der Waals surface area (Å²) in [6, 6.07) is 9.38. The van der Waals surface area contributed by atoms with E-state index < -0.39 is 0 Å². The zero-order valence-corrected chi connectivity index (χ0v) is 9.31. The van der Waals surface area contributed by atoms with Gasteiger partial charge in [0.1, 0.15) is 6.29 Å². The molecule has 0 aromatic heterocycles. The van der Waals surface area contributed by atoms with Crippen LogP contribution in [0.25, 0.3) is 0 Å². The summed E-state index contributed by atoms with van der Waals surface area (Å²) in [6.45, 7) is 0.0809. The number of carbonyl (C=O) groups excluding carboxylic acids is 2. The molecule has 0 aliphatic carbocycles. The number of para-hydroxylation sites is 1. The van der Waals surface area contributed by atoms with Gasteiger partial charge in [-0.1, -0.05) is 30.0 Å². The first-order valence-corrected chi connectivity index (χ1v) is 5.80. The Labute approximate surface area is 97.4 Å². The van der Waals surface area contributed by atoms with E-state index in [9.17, 15) is 9.59 Å². The molecule has 0 spiro atoms. The second kappa shape index (κ2) is 4.94. The van der Waals surface area contributed by atoms with Gasteiger partial charge in [-0.05, 0) is 12.1 Å². The van der Waals surface area contributed by atoms with Crippen LogP contribution < -0.4 is 0 Å². The van der Waals surface area contributed by atoms with Gasteiger partial charge in [0.05, 0.1) is 18.0 Å². The molecule has 1 aromatic rings. The molecule has 0 saturated carbocycles. The largest absolute Gasteiger partial charge is 0.301 e. The van der Waals surface area contributed by atoms with E-state index in [2.05, 4.69) is 4.99 Å². The van der Waals surface area contributed by atoms with Crippen molar-refractivity contribution in [1.29, 1.82) is 0 Å². The molecule has 0 N–H and O–H groups in total. The summed E-state index contributed by atoms with van der Waals surface area (Å²) >= 11 is 1.36. The van der Waals surface area contributed by atoms with Gasteiger partial charge in [0, 0.05) is 0 Å². The zero-order valence-electron chi connectivity index (χ0n) is 8.50. The van der Waals surface area contributed by atoms with Crippen LogP contribution in [-0.4, -0.2) is 34.6 Å². The van der Waals surface area contributed by atoms with Crippen LogP contribution in [0.3, 0.4) is 0 Å². The average molecular weight is 234 g/mol. The van der Waals surface area contributed by atoms with Crippen molar-refractivity contribution in [1.82, 2.24) is 4.90 Å². The lowest BCUT2D eigenvalue weighted by molar-refractivity contribution is -0.126. The normalized spacial score (nSPS) is 18.1. The third-order valence-electron chi connectivity index (χ3n) is 2.09. The van der Waals surface area contributed by atoms with E-state index in [0.29, 0.717) is 17.2 Å². The fourth-order valence-electron chi connectivity index (χ4n) is 1.35. The van der Waals surface area contributed by atoms with Crippen LogP contribution in [0.1, 0.15) is 0 Å². The van der Waals surface area contributed by atoms with Gasteiger partial charge in [0.25, 0.3) is 0 Å². The maximum Gasteiger partial charge on any atom is 0.239 e. The van der Waals surface area contributed by atoms with E-state index >= 15 is 0 Å².